The summed E-state index contributed by atoms with van der Waals surface area (Å²) in [4.78, 5) is 23.6. The van der Waals surface area contributed by atoms with Gasteiger partial charge >= 0.3 is 0 Å². The molecule has 0 bridgehead atoms. The Balaban J connectivity index is 1.41. The lowest BCUT2D eigenvalue weighted by Gasteiger charge is -2.31. The fourth-order valence-corrected chi connectivity index (χ4v) is 3.82. The number of pyridine rings is 1. The third kappa shape index (κ3) is 2.91. The fourth-order valence-electron chi connectivity index (χ4n) is 3.82. The van der Waals surface area contributed by atoms with Crippen molar-refractivity contribution in [2.75, 3.05) is 13.1 Å². The van der Waals surface area contributed by atoms with Gasteiger partial charge in [0, 0.05) is 18.5 Å². The van der Waals surface area contributed by atoms with Crippen molar-refractivity contribution in [3.63, 3.8) is 0 Å². The van der Waals surface area contributed by atoms with Gasteiger partial charge in [-0.2, -0.15) is 0 Å². The largest absolute Gasteiger partial charge is 0.440 e. The molecule has 5 nitrogen and oxygen atoms in total. The number of aromatic nitrogens is 2. The second-order valence-electron chi connectivity index (χ2n) is 7.12. The maximum atomic E-state index is 14.0. The lowest BCUT2D eigenvalue weighted by molar-refractivity contribution is 0.0693. The number of para-hydroxylation sites is 3. The topological polar surface area (TPSA) is 59.2 Å². The number of hydrogen-bond acceptors (Lipinski definition) is 4. The highest BCUT2D eigenvalue weighted by atomic mass is 19.1. The van der Waals surface area contributed by atoms with Crippen molar-refractivity contribution in [3.8, 4) is 0 Å². The van der Waals surface area contributed by atoms with Crippen molar-refractivity contribution in [3.05, 3.63) is 72.0 Å². The molecule has 1 aliphatic heterocycles. The maximum absolute atomic E-state index is 14.0. The molecule has 6 heteroatoms. The number of piperidine rings is 1. The Bertz CT molecular complexity index is 1150. The molecule has 3 heterocycles. The van der Waals surface area contributed by atoms with Crippen LogP contribution in [-0.4, -0.2) is 33.9 Å². The second-order valence-corrected chi connectivity index (χ2v) is 7.12. The standard InChI is InChI=1S/C22H18FN3O2/c23-16-7-3-5-14-10-11-18(24-20(14)16)22(27)26-12-4-6-15(13-26)21-25-17-8-1-2-9-19(17)28-21/h1-3,5,7-11,15H,4,6,12-13H2/t15-/m1/s1. The van der Waals surface area contributed by atoms with Gasteiger partial charge in [-0.05, 0) is 37.1 Å². The number of amides is 1. The molecule has 1 fully saturated rings. The molecule has 1 amide bonds. The summed E-state index contributed by atoms with van der Waals surface area (Å²) in [5.74, 6) is 0.0969. The fraction of sp³-hybridized carbons (Fsp3) is 0.227. The lowest BCUT2D eigenvalue weighted by Crippen LogP contribution is -2.39. The summed E-state index contributed by atoms with van der Waals surface area (Å²) >= 11 is 0. The smallest absolute Gasteiger partial charge is 0.272 e. The first kappa shape index (κ1) is 16.9. The van der Waals surface area contributed by atoms with E-state index < -0.39 is 5.82 Å². The van der Waals surface area contributed by atoms with E-state index in [1.54, 1.807) is 29.2 Å². The van der Waals surface area contributed by atoms with Crippen molar-refractivity contribution in [1.82, 2.24) is 14.9 Å². The predicted molar refractivity (Wildman–Crippen MR) is 104 cm³/mol. The Morgan fingerprint density at radius 2 is 1.96 bits per heavy atom. The van der Waals surface area contributed by atoms with Gasteiger partial charge in [-0.15, -0.1) is 0 Å². The first-order chi connectivity index (χ1) is 13.7. The average molecular weight is 375 g/mol. The van der Waals surface area contributed by atoms with E-state index in [1.807, 2.05) is 24.3 Å². The number of likely N-dealkylation sites (tertiary alicyclic amines) is 1. The van der Waals surface area contributed by atoms with Crippen LogP contribution < -0.4 is 0 Å². The van der Waals surface area contributed by atoms with Gasteiger partial charge in [0.2, 0.25) is 0 Å². The van der Waals surface area contributed by atoms with Crippen LogP contribution >= 0.6 is 0 Å². The zero-order valence-corrected chi connectivity index (χ0v) is 15.1. The monoisotopic (exact) mass is 375 g/mol. The van der Waals surface area contributed by atoms with E-state index in [2.05, 4.69) is 9.97 Å². The summed E-state index contributed by atoms with van der Waals surface area (Å²) in [5.41, 5.74) is 2.07. The van der Waals surface area contributed by atoms with E-state index >= 15 is 0 Å². The van der Waals surface area contributed by atoms with Gasteiger partial charge in [0.1, 0.15) is 22.5 Å². The van der Waals surface area contributed by atoms with E-state index in [-0.39, 0.29) is 23.0 Å². The molecule has 140 valence electrons. The Morgan fingerprint density at radius 3 is 2.86 bits per heavy atom. The Hall–Kier alpha value is -3.28. The lowest BCUT2D eigenvalue weighted by atomic mass is 9.97. The second kappa shape index (κ2) is 6.71. The van der Waals surface area contributed by atoms with Gasteiger partial charge in [0.15, 0.2) is 11.5 Å². The van der Waals surface area contributed by atoms with Gasteiger partial charge in [-0.25, -0.2) is 14.4 Å². The number of rotatable bonds is 2. The molecule has 1 aliphatic rings. The summed E-state index contributed by atoms with van der Waals surface area (Å²) in [6.45, 7) is 1.16. The van der Waals surface area contributed by atoms with E-state index in [0.29, 0.717) is 24.4 Å². The molecule has 5 rings (SSSR count). The van der Waals surface area contributed by atoms with Crippen LogP contribution in [0.3, 0.4) is 0 Å². The maximum Gasteiger partial charge on any atom is 0.272 e. The number of carbonyl (C=O) groups excluding carboxylic acids is 1. The number of carbonyl (C=O) groups is 1. The first-order valence-corrected chi connectivity index (χ1v) is 9.39. The molecule has 0 spiro atoms. The van der Waals surface area contributed by atoms with Gasteiger partial charge in [-0.3, -0.25) is 4.79 Å². The zero-order chi connectivity index (χ0) is 19.1. The number of halogens is 1. The average Bonchev–Trinajstić information content (AvgIpc) is 3.18. The van der Waals surface area contributed by atoms with Gasteiger partial charge < -0.3 is 9.32 Å². The van der Waals surface area contributed by atoms with Crippen LogP contribution in [0.1, 0.15) is 35.1 Å². The highest BCUT2D eigenvalue weighted by Gasteiger charge is 2.29. The van der Waals surface area contributed by atoms with E-state index in [1.165, 1.54) is 6.07 Å². The van der Waals surface area contributed by atoms with Crippen LogP contribution in [0, 0.1) is 5.82 Å². The minimum atomic E-state index is -0.421. The van der Waals surface area contributed by atoms with Crippen LogP contribution in [0.4, 0.5) is 4.39 Å². The molecular weight excluding hydrogens is 357 g/mol. The quantitative estimate of drug-likeness (QED) is 0.516. The number of fused-ring (bicyclic) bond motifs is 2. The normalized spacial score (nSPS) is 17.3. The van der Waals surface area contributed by atoms with Crippen LogP contribution in [-0.2, 0) is 0 Å². The van der Waals surface area contributed by atoms with E-state index in [0.717, 1.165) is 23.9 Å². The molecule has 0 radical (unpaired) electrons. The Kier molecular flexibility index (Phi) is 4.04. The SMILES string of the molecule is O=C(c1ccc2cccc(F)c2n1)N1CCC[C@@H](c2nc3ccccc3o2)C1. The molecule has 1 saturated heterocycles. The summed E-state index contributed by atoms with van der Waals surface area (Å²) < 4.78 is 19.9. The van der Waals surface area contributed by atoms with Crippen LogP contribution in [0.25, 0.3) is 22.0 Å². The number of benzene rings is 2. The molecule has 0 aliphatic carbocycles. The van der Waals surface area contributed by atoms with E-state index in [4.69, 9.17) is 4.42 Å². The zero-order valence-electron chi connectivity index (χ0n) is 15.1. The predicted octanol–water partition coefficient (Wildman–Crippen LogP) is 4.53. The Labute approximate surface area is 160 Å². The van der Waals surface area contributed by atoms with E-state index in [9.17, 15) is 9.18 Å². The third-order valence-corrected chi connectivity index (χ3v) is 5.26. The minimum Gasteiger partial charge on any atom is -0.440 e. The van der Waals surface area contributed by atoms with Gasteiger partial charge in [0.05, 0.1) is 5.92 Å². The van der Waals surface area contributed by atoms with Crippen LogP contribution in [0.15, 0.2) is 59.0 Å². The molecular formula is C22H18FN3O2. The number of oxazole rings is 1. The van der Waals surface area contributed by atoms with Crippen LogP contribution in [0.2, 0.25) is 0 Å². The number of hydrogen-bond donors (Lipinski definition) is 0. The molecule has 2 aromatic heterocycles. The molecule has 28 heavy (non-hydrogen) atoms. The summed E-state index contributed by atoms with van der Waals surface area (Å²) in [6, 6.07) is 15.8. The van der Waals surface area contributed by atoms with Gasteiger partial charge in [-0.1, -0.05) is 30.3 Å². The molecule has 0 N–H and O–H groups in total. The van der Waals surface area contributed by atoms with Crippen LogP contribution in [0.5, 0.6) is 0 Å². The summed E-state index contributed by atoms with van der Waals surface area (Å²) in [7, 11) is 0. The highest BCUT2D eigenvalue weighted by Crippen LogP contribution is 2.29. The highest BCUT2D eigenvalue weighted by molar-refractivity contribution is 5.95. The van der Waals surface area contributed by atoms with Crippen molar-refractivity contribution in [1.29, 1.82) is 0 Å². The molecule has 4 aromatic rings. The molecule has 2 aromatic carbocycles. The Morgan fingerprint density at radius 1 is 1.07 bits per heavy atom. The van der Waals surface area contributed by atoms with Crippen molar-refractivity contribution in [2.45, 2.75) is 18.8 Å². The number of nitrogens with zero attached hydrogens (tertiary/aromatic N) is 3. The molecule has 0 saturated carbocycles. The summed E-state index contributed by atoms with van der Waals surface area (Å²) in [6.07, 6.45) is 1.77. The minimum absolute atomic E-state index is 0.0438. The van der Waals surface area contributed by atoms with Crippen molar-refractivity contribution >= 4 is 27.9 Å². The summed E-state index contributed by atoms with van der Waals surface area (Å²) in [5, 5.41) is 0.680. The van der Waals surface area contributed by atoms with Gasteiger partial charge in [0.25, 0.3) is 5.91 Å². The van der Waals surface area contributed by atoms with Crippen molar-refractivity contribution < 1.29 is 13.6 Å². The molecule has 0 unspecified atom stereocenters. The first-order valence-electron chi connectivity index (χ1n) is 9.39. The third-order valence-electron chi connectivity index (χ3n) is 5.26. The molecule has 1 atom stereocenters. The van der Waals surface area contributed by atoms with Crippen molar-refractivity contribution in [2.24, 2.45) is 0 Å².